The van der Waals surface area contributed by atoms with Crippen molar-refractivity contribution in [2.24, 2.45) is 7.05 Å². The Hall–Kier alpha value is -1.88. The van der Waals surface area contributed by atoms with Gasteiger partial charge < -0.3 is 10.3 Å². The molecule has 3 rings (SSSR count). The normalized spacial score (nSPS) is 11.0. The number of aromatic nitrogens is 3. The summed E-state index contributed by atoms with van der Waals surface area (Å²) in [5.74, 6) is 0.643. The average Bonchev–Trinajstić information content (AvgIpc) is 2.71. The summed E-state index contributed by atoms with van der Waals surface area (Å²) in [6, 6.07) is 7.92. The second-order valence-electron chi connectivity index (χ2n) is 4.08. The number of nitrogen functional groups attached to an aromatic ring is 1. The van der Waals surface area contributed by atoms with E-state index in [9.17, 15) is 0 Å². The Morgan fingerprint density at radius 2 is 2.06 bits per heavy atom. The van der Waals surface area contributed by atoms with Crippen LogP contribution in [0.2, 0.25) is 0 Å². The van der Waals surface area contributed by atoms with E-state index in [2.05, 4.69) is 25.9 Å². The molecule has 0 saturated heterocycles. The molecule has 4 nitrogen and oxygen atoms in total. The number of benzene rings is 1. The maximum absolute atomic E-state index is 6.02. The maximum atomic E-state index is 6.02. The monoisotopic (exact) mass is 302 g/mol. The molecule has 0 aliphatic rings. The highest BCUT2D eigenvalue weighted by molar-refractivity contribution is 9.10. The van der Waals surface area contributed by atoms with Gasteiger partial charge in [0.1, 0.15) is 11.5 Å². The number of fused-ring (bicyclic) bond motifs is 1. The van der Waals surface area contributed by atoms with Crippen LogP contribution in [0.1, 0.15) is 0 Å². The highest BCUT2D eigenvalue weighted by Gasteiger charge is 2.13. The van der Waals surface area contributed by atoms with Crippen molar-refractivity contribution < 1.29 is 0 Å². The van der Waals surface area contributed by atoms with Gasteiger partial charge in [-0.1, -0.05) is 22.0 Å². The van der Waals surface area contributed by atoms with E-state index in [1.807, 2.05) is 31.3 Å². The molecule has 2 heterocycles. The minimum atomic E-state index is 0.643. The molecular formula is C13H11BrN4. The fraction of sp³-hybridized carbons (Fsp3) is 0.0769. The highest BCUT2D eigenvalue weighted by Crippen LogP contribution is 2.33. The molecule has 0 radical (unpaired) electrons. The first kappa shape index (κ1) is 11.2. The molecule has 5 heteroatoms. The molecule has 2 N–H and O–H groups in total. The van der Waals surface area contributed by atoms with Crippen LogP contribution in [-0.4, -0.2) is 14.5 Å². The number of aryl methyl sites for hydroxylation is 1. The fourth-order valence-corrected chi connectivity index (χ4v) is 2.43. The minimum absolute atomic E-state index is 0.643. The van der Waals surface area contributed by atoms with E-state index in [-0.39, 0.29) is 0 Å². The van der Waals surface area contributed by atoms with Gasteiger partial charge in [-0.05, 0) is 18.2 Å². The summed E-state index contributed by atoms with van der Waals surface area (Å²) in [5.41, 5.74) is 8.65. The Bertz CT molecular complexity index is 733. The minimum Gasteiger partial charge on any atom is -0.383 e. The SMILES string of the molecule is Cn1cnc(-c2ccc(Br)c3cccnc23)c1N. The van der Waals surface area contributed by atoms with Crippen LogP contribution in [0.4, 0.5) is 5.82 Å². The number of halogens is 1. The molecule has 0 aliphatic heterocycles. The van der Waals surface area contributed by atoms with E-state index >= 15 is 0 Å². The van der Waals surface area contributed by atoms with E-state index in [1.165, 1.54) is 0 Å². The molecule has 1 aromatic carbocycles. The average molecular weight is 303 g/mol. The second-order valence-corrected chi connectivity index (χ2v) is 4.94. The summed E-state index contributed by atoms with van der Waals surface area (Å²) in [5, 5.41) is 1.06. The number of anilines is 1. The lowest BCUT2D eigenvalue weighted by molar-refractivity contribution is 0.925. The zero-order valence-electron chi connectivity index (χ0n) is 9.76. The fourth-order valence-electron chi connectivity index (χ4n) is 1.98. The summed E-state index contributed by atoms with van der Waals surface area (Å²) in [4.78, 5) is 8.78. The van der Waals surface area contributed by atoms with Crippen LogP contribution < -0.4 is 5.73 Å². The third-order valence-corrected chi connectivity index (χ3v) is 3.65. The van der Waals surface area contributed by atoms with Crippen LogP contribution in [-0.2, 0) is 7.05 Å². The van der Waals surface area contributed by atoms with Gasteiger partial charge in [-0.3, -0.25) is 4.98 Å². The number of imidazole rings is 1. The van der Waals surface area contributed by atoms with Gasteiger partial charge in [-0.2, -0.15) is 0 Å². The smallest absolute Gasteiger partial charge is 0.131 e. The van der Waals surface area contributed by atoms with Gasteiger partial charge in [0.25, 0.3) is 0 Å². The van der Waals surface area contributed by atoms with Gasteiger partial charge in [0, 0.05) is 28.7 Å². The van der Waals surface area contributed by atoms with E-state index in [0.717, 1.165) is 26.6 Å². The number of hydrogen-bond acceptors (Lipinski definition) is 3. The molecule has 18 heavy (non-hydrogen) atoms. The quantitative estimate of drug-likeness (QED) is 0.752. The van der Waals surface area contributed by atoms with Gasteiger partial charge in [0.05, 0.1) is 11.8 Å². The first-order valence-corrected chi connectivity index (χ1v) is 6.28. The zero-order chi connectivity index (χ0) is 12.7. The van der Waals surface area contributed by atoms with Crippen molar-refractivity contribution in [3.05, 3.63) is 41.3 Å². The predicted octanol–water partition coefficient (Wildman–Crippen LogP) is 2.98. The first-order chi connectivity index (χ1) is 8.68. The lowest BCUT2D eigenvalue weighted by atomic mass is 10.1. The molecule has 0 fully saturated rings. The third-order valence-electron chi connectivity index (χ3n) is 2.95. The van der Waals surface area contributed by atoms with Gasteiger partial charge in [0.15, 0.2) is 0 Å². The van der Waals surface area contributed by atoms with Crippen LogP contribution in [0.25, 0.3) is 22.2 Å². The standard InChI is InChI=1S/C13H11BrN4/c1-18-7-17-12(13(18)15)9-4-5-10(14)8-3-2-6-16-11(8)9/h2-7H,15H2,1H3. The number of nitrogens with zero attached hydrogens (tertiary/aromatic N) is 3. The van der Waals surface area contributed by atoms with Gasteiger partial charge >= 0.3 is 0 Å². The van der Waals surface area contributed by atoms with Crippen molar-refractivity contribution in [1.82, 2.24) is 14.5 Å². The number of pyridine rings is 1. The summed E-state index contributed by atoms with van der Waals surface area (Å²) in [7, 11) is 1.88. The predicted molar refractivity (Wildman–Crippen MR) is 76.1 cm³/mol. The zero-order valence-corrected chi connectivity index (χ0v) is 11.3. The number of rotatable bonds is 1. The van der Waals surface area contributed by atoms with Crippen molar-refractivity contribution in [3.63, 3.8) is 0 Å². The lowest BCUT2D eigenvalue weighted by Gasteiger charge is -2.06. The van der Waals surface area contributed by atoms with Crippen LogP contribution >= 0.6 is 15.9 Å². The van der Waals surface area contributed by atoms with Crippen molar-refractivity contribution in [3.8, 4) is 11.3 Å². The molecular weight excluding hydrogens is 292 g/mol. The molecule has 0 bridgehead atoms. The molecule has 0 amide bonds. The van der Waals surface area contributed by atoms with Crippen LogP contribution in [0.3, 0.4) is 0 Å². The van der Waals surface area contributed by atoms with E-state index in [4.69, 9.17) is 5.73 Å². The Morgan fingerprint density at radius 1 is 1.22 bits per heavy atom. The second kappa shape index (κ2) is 4.10. The summed E-state index contributed by atoms with van der Waals surface area (Å²) in [6.45, 7) is 0. The third kappa shape index (κ3) is 1.59. The Morgan fingerprint density at radius 3 is 2.78 bits per heavy atom. The topological polar surface area (TPSA) is 56.7 Å². The summed E-state index contributed by atoms with van der Waals surface area (Å²) in [6.07, 6.45) is 3.49. The highest BCUT2D eigenvalue weighted by atomic mass is 79.9. The Kier molecular flexibility index (Phi) is 2.56. The van der Waals surface area contributed by atoms with Crippen molar-refractivity contribution in [2.75, 3.05) is 5.73 Å². The van der Waals surface area contributed by atoms with E-state index in [0.29, 0.717) is 5.82 Å². The van der Waals surface area contributed by atoms with Crippen molar-refractivity contribution in [1.29, 1.82) is 0 Å². The maximum Gasteiger partial charge on any atom is 0.131 e. The largest absolute Gasteiger partial charge is 0.383 e. The molecule has 0 atom stereocenters. The molecule has 2 aromatic heterocycles. The van der Waals surface area contributed by atoms with Crippen molar-refractivity contribution in [2.45, 2.75) is 0 Å². The molecule has 90 valence electrons. The lowest BCUT2D eigenvalue weighted by Crippen LogP contribution is -1.96. The van der Waals surface area contributed by atoms with Gasteiger partial charge in [-0.25, -0.2) is 4.98 Å². The molecule has 0 aliphatic carbocycles. The molecule has 0 unspecified atom stereocenters. The first-order valence-electron chi connectivity index (χ1n) is 5.49. The Balaban J connectivity index is 2.37. The number of hydrogen-bond donors (Lipinski definition) is 1. The van der Waals surface area contributed by atoms with Gasteiger partial charge in [-0.15, -0.1) is 0 Å². The number of nitrogens with two attached hydrogens (primary N) is 1. The van der Waals surface area contributed by atoms with E-state index < -0.39 is 0 Å². The van der Waals surface area contributed by atoms with Crippen LogP contribution in [0.15, 0.2) is 41.3 Å². The molecule has 3 aromatic rings. The molecule has 0 saturated carbocycles. The van der Waals surface area contributed by atoms with Crippen LogP contribution in [0, 0.1) is 0 Å². The van der Waals surface area contributed by atoms with Gasteiger partial charge in [0.2, 0.25) is 0 Å². The van der Waals surface area contributed by atoms with Crippen LogP contribution in [0.5, 0.6) is 0 Å². The summed E-state index contributed by atoms with van der Waals surface area (Å²) >= 11 is 3.53. The Labute approximate surface area is 113 Å². The van der Waals surface area contributed by atoms with E-state index in [1.54, 1.807) is 17.1 Å². The summed E-state index contributed by atoms with van der Waals surface area (Å²) < 4.78 is 2.82. The molecule has 0 spiro atoms. The van der Waals surface area contributed by atoms with Crippen molar-refractivity contribution >= 4 is 32.7 Å².